The predicted octanol–water partition coefficient (Wildman–Crippen LogP) is 4.17. The number of hydrogen-bond donors (Lipinski definition) is 2. The van der Waals surface area contributed by atoms with E-state index in [-0.39, 0.29) is 11.9 Å². The summed E-state index contributed by atoms with van der Waals surface area (Å²) in [5.41, 5.74) is 4.32. The number of benzene rings is 2. The molecule has 0 aromatic heterocycles. The van der Waals surface area contributed by atoms with Gasteiger partial charge < -0.3 is 15.5 Å². The van der Waals surface area contributed by atoms with Gasteiger partial charge in [-0.05, 0) is 67.9 Å². The minimum Gasteiger partial charge on any atom is -0.356 e. The predicted molar refractivity (Wildman–Crippen MR) is 107 cm³/mol. The lowest BCUT2D eigenvalue weighted by atomic mass is 10.0. The van der Waals surface area contributed by atoms with Gasteiger partial charge in [-0.1, -0.05) is 24.3 Å². The van der Waals surface area contributed by atoms with Crippen LogP contribution in [0.5, 0.6) is 0 Å². The van der Waals surface area contributed by atoms with Crippen LogP contribution in [-0.4, -0.2) is 17.6 Å². The average molecular weight is 353 g/mol. The first-order valence-corrected chi connectivity index (χ1v) is 8.99. The minimum absolute atomic E-state index is 0.127. The van der Waals surface area contributed by atoms with Crippen molar-refractivity contribution >= 4 is 34.6 Å². The molecule has 1 unspecified atom stereocenters. The van der Waals surface area contributed by atoms with E-state index in [2.05, 4.69) is 36.6 Å². The molecule has 2 aromatic rings. The van der Waals surface area contributed by atoms with Crippen LogP contribution in [0.15, 0.2) is 48.5 Å². The van der Waals surface area contributed by atoms with Gasteiger partial charge in [0.2, 0.25) is 5.91 Å². The number of anilines is 2. The first kappa shape index (κ1) is 17.4. The Morgan fingerprint density at radius 1 is 1.16 bits per heavy atom. The van der Waals surface area contributed by atoms with Gasteiger partial charge in [0.1, 0.15) is 0 Å². The maximum Gasteiger partial charge on any atom is 0.227 e. The van der Waals surface area contributed by atoms with Gasteiger partial charge in [0.15, 0.2) is 5.11 Å². The molecule has 25 heavy (non-hydrogen) atoms. The van der Waals surface area contributed by atoms with Crippen molar-refractivity contribution < 1.29 is 4.79 Å². The zero-order valence-corrected chi connectivity index (χ0v) is 15.4. The maximum atomic E-state index is 11.8. The van der Waals surface area contributed by atoms with Gasteiger partial charge in [0, 0.05) is 24.3 Å². The Labute approximate surface area is 154 Å². The highest BCUT2D eigenvalue weighted by Crippen LogP contribution is 2.23. The zero-order chi connectivity index (χ0) is 17.8. The lowest BCUT2D eigenvalue weighted by Crippen LogP contribution is -2.31. The molecule has 1 amide bonds. The van der Waals surface area contributed by atoms with E-state index in [9.17, 15) is 4.79 Å². The molecule has 2 N–H and O–H groups in total. The van der Waals surface area contributed by atoms with Crippen LogP contribution < -0.4 is 15.5 Å². The summed E-state index contributed by atoms with van der Waals surface area (Å²) in [5, 5.41) is 7.11. The quantitative estimate of drug-likeness (QED) is 0.810. The third-order valence-electron chi connectivity index (χ3n) is 4.51. The van der Waals surface area contributed by atoms with Gasteiger partial charge in [-0.15, -0.1) is 0 Å². The van der Waals surface area contributed by atoms with Crippen LogP contribution in [0.4, 0.5) is 11.4 Å². The molecule has 4 nitrogen and oxygen atoms in total. The van der Waals surface area contributed by atoms with E-state index in [1.807, 2.05) is 41.3 Å². The molecule has 1 fully saturated rings. The van der Waals surface area contributed by atoms with Crippen molar-refractivity contribution in [3.05, 3.63) is 59.7 Å². The van der Waals surface area contributed by atoms with E-state index >= 15 is 0 Å². The Kier molecular flexibility index (Phi) is 5.34. The van der Waals surface area contributed by atoms with Gasteiger partial charge in [0.25, 0.3) is 0 Å². The molecule has 1 saturated heterocycles. The Balaban J connectivity index is 1.59. The lowest BCUT2D eigenvalue weighted by molar-refractivity contribution is -0.117. The summed E-state index contributed by atoms with van der Waals surface area (Å²) in [6.45, 7) is 5.00. The van der Waals surface area contributed by atoms with Crippen molar-refractivity contribution in [2.75, 3.05) is 16.8 Å². The topological polar surface area (TPSA) is 44.4 Å². The number of nitrogens with one attached hydrogen (secondary N) is 2. The maximum absolute atomic E-state index is 11.8. The monoisotopic (exact) mass is 353 g/mol. The SMILES string of the molecule is Cc1ccccc1C(C)NC(=S)Nc1ccc(N2CCCC2=O)cc1. The summed E-state index contributed by atoms with van der Waals surface area (Å²) < 4.78 is 0. The lowest BCUT2D eigenvalue weighted by Gasteiger charge is -2.20. The molecule has 0 saturated carbocycles. The van der Waals surface area contributed by atoms with Crippen LogP contribution >= 0.6 is 12.2 Å². The van der Waals surface area contributed by atoms with Crippen molar-refractivity contribution in [3.63, 3.8) is 0 Å². The third kappa shape index (κ3) is 4.17. The summed E-state index contributed by atoms with van der Waals surface area (Å²) in [5.74, 6) is 0.199. The molecular formula is C20H23N3OS. The van der Waals surface area contributed by atoms with E-state index in [1.54, 1.807) is 0 Å². The van der Waals surface area contributed by atoms with Crippen LogP contribution in [-0.2, 0) is 4.79 Å². The molecule has 0 bridgehead atoms. The van der Waals surface area contributed by atoms with E-state index in [0.717, 1.165) is 24.3 Å². The molecule has 5 heteroatoms. The number of thiocarbonyl (C=S) groups is 1. The van der Waals surface area contributed by atoms with Crippen molar-refractivity contribution in [2.24, 2.45) is 0 Å². The van der Waals surface area contributed by atoms with E-state index in [0.29, 0.717) is 11.5 Å². The van der Waals surface area contributed by atoms with Crippen molar-refractivity contribution in [1.29, 1.82) is 0 Å². The molecule has 2 aromatic carbocycles. The molecule has 3 rings (SSSR count). The number of aryl methyl sites for hydroxylation is 1. The molecule has 1 heterocycles. The Morgan fingerprint density at radius 3 is 2.52 bits per heavy atom. The molecule has 1 atom stereocenters. The summed E-state index contributed by atoms with van der Waals surface area (Å²) in [6, 6.07) is 16.2. The number of carbonyl (C=O) groups is 1. The van der Waals surface area contributed by atoms with E-state index < -0.39 is 0 Å². The second-order valence-corrected chi connectivity index (χ2v) is 6.78. The van der Waals surface area contributed by atoms with E-state index in [1.165, 1.54) is 11.1 Å². The van der Waals surface area contributed by atoms with Crippen LogP contribution in [0.1, 0.15) is 36.9 Å². The molecule has 0 aliphatic carbocycles. The highest BCUT2D eigenvalue weighted by atomic mass is 32.1. The van der Waals surface area contributed by atoms with Gasteiger partial charge in [-0.2, -0.15) is 0 Å². The zero-order valence-electron chi connectivity index (χ0n) is 14.6. The second kappa shape index (κ2) is 7.66. The molecule has 1 aliphatic rings. The average Bonchev–Trinajstić information content (AvgIpc) is 3.02. The van der Waals surface area contributed by atoms with Crippen LogP contribution in [0.25, 0.3) is 0 Å². The van der Waals surface area contributed by atoms with Gasteiger partial charge >= 0.3 is 0 Å². The summed E-state index contributed by atoms with van der Waals surface area (Å²) in [4.78, 5) is 13.6. The first-order valence-electron chi connectivity index (χ1n) is 8.58. The highest BCUT2D eigenvalue weighted by molar-refractivity contribution is 7.80. The van der Waals surface area contributed by atoms with Crippen molar-refractivity contribution in [1.82, 2.24) is 5.32 Å². The van der Waals surface area contributed by atoms with Gasteiger partial charge in [0.05, 0.1) is 6.04 Å². The third-order valence-corrected chi connectivity index (χ3v) is 4.73. The van der Waals surface area contributed by atoms with Crippen LogP contribution in [0, 0.1) is 6.92 Å². The Morgan fingerprint density at radius 2 is 1.88 bits per heavy atom. The first-order chi connectivity index (χ1) is 12.0. The summed E-state index contributed by atoms with van der Waals surface area (Å²) in [6.07, 6.45) is 1.58. The smallest absolute Gasteiger partial charge is 0.227 e. The van der Waals surface area contributed by atoms with Gasteiger partial charge in [-0.25, -0.2) is 0 Å². The summed E-state index contributed by atoms with van der Waals surface area (Å²) in [7, 11) is 0. The van der Waals surface area contributed by atoms with Crippen LogP contribution in [0.2, 0.25) is 0 Å². The number of hydrogen-bond acceptors (Lipinski definition) is 2. The number of amides is 1. The highest BCUT2D eigenvalue weighted by Gasteiger charge is 2.21. The standard InChI is InChI=1S/C20H23N3OS/c1-14-6-3-4-7-18(14)15(2)21-20(25)22-16-9-11-17(12-10-16)23-13-5-8-19(23)24/h3-4,6-7,9-12,15H,5,8,13H2,1-2H3,(H2,21,22,25). The van der Waals surface area contributed by atoms with Crippen molar-refractivity contribution in [3.8, 4) is 0 Å². The van der Waals surface area contributed by atoms with Crippen LogP contribution in [0.3, 0.4) is 0 Å². The fourth-order valence-corrected chi connectivity index (χ4v) is 3.45. The molecular weight excluding hydrogens is 330 g/mol. The molecule has 130 valence electrons. The Bertz CT molecular complexity index is 773. The fraction of sp³-hybridized carbons (Fsp3) is 0.300. The molecule has 1 aliphatic heterocycles. The van der Waals surface area contributed by atoms with Gasteiger partial charge in [-0.3, -0.25) is 4.79 Å². The summed E-state index contributed by atoms with van der Waals surface area (Å²) >= 11 is 5.43. The van der Waals surface area contributed by atoms with Crippen molar-refractivity contribution in [2.45, 2.75) is 32.7 Å². The molecule has 0 spiro atoms. The fourth-order valence-electron chi connectivity index (χ4n) is 3.16. The minimum atomic E-state index is 0.127. The Hall–Kier alpha value is -2.40. The number of carbonyl (C=O) groups excluding carboxylic acids is 1. The number of rotatable bonds is 4. The normalized spacial score (nSPS) is 15.1. The largest absolute Gasteiger partial charge is 0.356 e. The number of nitrogens with zero attached hydrogens (tertiary/aromatic N) is 1. The van der Waals surface area contributed by atoms with E-state index in [4.69, 9.17) is 12.2 Å². The molecule has 0 radical (unpaired) electrons. The second-order valence-electron chi connectivity index (χ2n) is 6.37.